The standard InChI is InChI=1S/C10H16F3N3O2/c11-10(12,13)7-1-5-16(6-2-7)9(18)8(17)15-4-3-14/h7H,1-6,14H2,(H,15,17). The normalized spacial score (nSPS) is 17.7. The van der Waals surface area contributed by atoms with Crippen LogP contribution < -0.4 is 11.1 Å². The number of rotatable bonds is 2. The average Bonchev–Trinajstić information content (AvgIpc) is 2.34. The number of nitrogens with two attached hydrogens (primary N) is 1. The van der Waals surface area contributed by atoms with E-state index in [1.165, 1.54) is 0 Å². The van der Waals surface area contributed by atoms with Crippen molar-refractivity contribution in [1.82, 2.24) is 10.2 Å². The Morgan fingerprint density at radius 2 is 1.83 bits per heavy atom. The molecule has 104 valence electrons. The van der Waals surface area contributed by atoms with Gasteiger partial charge in [0.25, 0.3) is 0 Å². The quantitative estimate of drug-likeness (QED) is 0.684. The highest BCUT2D eigenvalue weighted by Gasteiger charge is 2.42. The van der Waals surface area contributed by atoms with E-state index in [-0.39, 0.29) is 39.0 Å². The molecule has 2 amide bonds. The number of halogens is 3. The van der Waals surface area contributed by atoms with Gasteiger partial charge in [0.15, 0.2) is 0 Å². The molecule has 0 bridgehead atoms. The SMILES string of the molecule is NCCNC(=O)C(=O)N1CCC(C(F)(F)F)CC1. The summed E-state index contributed by atoms with van der Waals surface area (Å²) >= 11 is 0. The third-order valence-electron chi connectivity index (χ3n) is 2.87. The van der Waals surface area contributed by atoms with E-state index in [4.69, 9.17) is 5.73 Å². The molecular weight excluding hydrogens is 251 g/mol. The summed E-state index contributed by atoms with van der Waals surface area (Å²) in [5.74, 6) is -2.98. The second-order valence-electron chi connectivity index (χ2n) is 4.15. The maximum absolute atomic E-state index is 12.4. The van der Waals surface area contributed by atoms with E-state index in [2.05, 4.69) is 5.32 Å². The molecule has 5 nitrogen and oxygen atoms in total. The summed E-state index contributed by atoms with van der Waals surface area (Å²) in [6.45, 7) is 0.289. The molecule has 0 aromatic carbocycles. The van der Waals surface area contributed by atoms with Crippen molar-refractivity contribution in [3.63, 3.8) is 0 Å². The van der Waals surface area contributed by atoms with Gasteiger partial charge < -0.3 is 16.0 Å². The molecule has 1 fully saturated rings. The first-order valence-electron chi connectivity index (χ1n) is 5.70. The minimum absolute atomic E-state index is 0.0426. The van der Waals surface area contributed by atoms with Crippen molar-refractivity contribution in [1.29, 1.82) is 0 Å². The smallest absolute Gasteiger partial charge is 0.347 e. The summed E-state index contributed by atoms with van der Waals surface area (Å²) in [4.78, 5) is 24.0. The lowest BCUT2D eigenvalue weighted by atomic mass is 9.96. The maximum Gasteiger partial charge on any atom is 0.391 e. The Bertz CT molecular complexity index is 312. The van der Waals surface area contributed by atoms with Gasteiger partial charge in [-0.1, -0.05) is 0 Å². The molecule has 1 aliphatic heterocycles. The Hall–Kier alpha value is -1.31. The molecule has 8 heteroatoms. The average molecular weight is 267 g/mol. The van der Waals surface area contributed by atoms with Crippen LogP contribution in [0.25, 0.3) is 0 Å². The Balaban J connectivity index is 2.43. The number of nitrogens with zero attached hydrogens (tertiary/aromatic N) is 1. The predicted molar refractivity (Wildman–Crippen MR) is 57.4 cm³/mol. The van der Waals surface area contributed by atoms with Crippen LogP contribution in [0.2, 0.25) is 0 Å². The molecule has 1 rings (SSSR count). The zero-order valence-electron chi connectivity index (χ0n) is 9.79. The fraction of sp³-hybridized carbons (Fsp3) is 0.800. The summed E-state index contributed by atoms with van der Waals surface area (Å²) in [5, 5.41) is 2.29. The molecular formula is C10H16F3N3O2. The maximum atomic E-state index is 12.4. The number of amides is 2. The van der Waals surface area contributed by atoms with E-state index in [9.17, 15) is 22.8 Å². The van der Waals surface area contributed by atoms with Gasteiger partial charge in [-0.15, -0.1) is 0 Å². The minimum atomic E-state index is -4.23. The van der Waals surface area contributed by atoms with Gasteiger partial charge in [0.2, 0.25) is 0 Å². The first-order valence-corrected chi connectivity index (χ1v) is 5.70. The Morgan fingerprint density at radius 3 is 2.28 bits per heavy atom. The lowest BCUT2D eigenvalue weighted by Gasteiger charge is -2.32. The largest absolute Gasteiger partial charge is 0.391 e. The van der Waals surface area contributed by atoms with Crippen LogP contribution in [0.3, 0.4) is 0 Å². The van der Waals surface area contributed by atoms with Crippen LogP contribution in [-0.4, -0.2) is 49.1 Å². The molecule has 0 spiro atoms. The molecule has 0 saturated carbocycles. The molecule has 0 unspecified atom stereocenters. The van der Waals surface area contributed by atoms with Gasteiger partial charge in [-0.05, 0) is 12.8 Å². The molecule has 0 aromatic heterocycles. The molecule has 18 heavy (non-hydrogen) atoms. The van der Waals surface area contributed by atoms with E-state index in [0.717, 1.165) is 4.90 Å². The van der Waals surface area contributed by atoms with Gasteiger partial charge in [-0.3, -0.25) is 9.59 Å². The number of carbonyl (C=O) groups is 2. The third kappa shape index (κ3) is 3.86. The van der Waals surface area contributed by atoms with Crippen LogP contribution in [0, 0.1) is 5.92 Å². The second-order valence-corrected chi connectivity index (χ2v) is 4.15. The molecule has 0 aromatic rings. The summed E-state index contributed by atoms with van der Waals surface area (Å²) in [7, 11) is 0. The Morgan fingerprint density at radius 1 is 1.28 bits per heavy atom. The molecule has 1 heterocycles. The van der Waals surface area contributed by atoms with Crippen molar-refractivity contribution >= 4 is 11.8 Å². The van der Waals surface area contributed by atoms with Gasteiger partial charge in [-0.2, -0.15) is 13.2 Å². The number of carbonyl (C=O) groups excluding carboxylic acids is 2. The van der Waals surface area contributed by atoms with Gasteiger partial charge in [0.1, 0.15) is 0 Å². The molecule has 1 aliphatic rings. The van der Waals surface area contributed by atoms with Crippen molar-refractivity contribution in [2.45, 2.75) is 19.0 Å². The van der Waals surface area contributed by atoms with E-state index in [0.29, 0.717) is 0 Å². The van der Waals surface area contributed by atoms with Crippen LogP contribution in [0.1, 0.15) is 12.8 Å². The van der Waals surface area contributed by atoms with E-state index in [1.807, 2.05) is 0 Å². The Labute approximate surface area is 102 Å². The fourth-order valence-corrected chi connectivity index (χ4v) is 1.81. The number of hydrogen-bond donors (Lipinski definition) is 2. The summed E-state index contributed by atoms with van der Waals surface area (Å²) < 4.78 is 37.2. The van der Waals surface area contributed by atoms with Crippen LogP contribution >= 0.6 is 0 Å². The molecule has 3 N–H and O–H groups in total. The van der Waals surface area contributed by atoms with Crippen LogP contribution in [0.4, 0.5) is 13.2 Å². The lowest BCUT2D eigenvalue weighted by Crippen LogP contribution is -2.48. The molecule has 1 saturated heterocycles. The third-order valence-corrected chi connectivity index (χ3v) is 2.87. The van der Waals surface area contributed by atoms with Crippen molar-refractivity contribution in [3.05, 3.63) is 0 Å². The zero-order chi connectivity index (χ0) is 13.8. The molecule has 0 atom stereocenters. The highest BCUT2D eigenvalue weighted by atomic mass is 19.4. The fourth-order valence-electron chi connectivity index (χ4n) is 1.81. The van der Waals surface area contributed by atoms with E-state index < -0.39 is 23.9 Å². The zero-order valence-corrected chi connectivity index (χ0v) is 9.79. The highest BCUT2D eigenvalue weighted by molar-refractivity contribution is 6.35. The number of hydrogen-bond acceptors (Lipinski definition) is 3. The second kappa shape index (κ2) is 6.03. The van der Waals surface area contributed by atoms with Crippen molar-refractivity contribution in [2.24, 2.45) is 11.7 Å². The number of alkyl halides is 3. The van der Waals surface area contributed by atoms with Crippen LogP contribution in [0.5, 0.6) is 0 Å². The summed E-state index contributed by atoms with van der Waals surface area (Å²) in [5.41, 5.74) is 5.16. The topological polar surface area (TPSA) is 75.4 Å². The Kier molecular flexibility index (Phi) is 4.94. The summed E-state index contributed by atoms with van der Waals surface area (Å²) in [6, 6.07) is 0. The number of likely N-dealkylation sites (tertiary alicyclic amines) is 1. The molecule has 0 aliphatic carbocycles. The predicted octanol–water partition coefficient (Wildman–Crippen LogP) is -0.138. The number of nitrogens with one attached hydrogen (secondary N) is 1. The van der Waals surface area contributed by atoms with E-state index in [1.54, 1.807) is 0 Å². The van der Waals surface area contributed by atoms with Gasteiger partial charge >= 0.3 is 18.0 Å². The van der Waals surface area contributed by atoms with Crippen molar-refractivity contribution in [2.75, 3.05) is 26.2 Å². The van der Waals surface area contributed by atoms with Gasteiger partial charge in [0, 0.05) is 26.2 Å². The first kappa shape index (κ1) is 14.7. The molecule has 0 radical (unpaired) electrons. The summed E-state index contributed by atoms with van der Waals surface area (Å²) in [6.07, 6.45) is -4.53. The first-order chi connectivity index (χ1) is 8.36. The monoisotopic (exact) mass is 267 g/mol. The minimum Gasteiger partial charge on any atom is -0.347 e. The van der Waals surface area contributed by atoms with Crippen LogP contribution in [-0.2, 0) is 9.59 Å². The highest BCUT2D eigenvalue weighted by Crippen LogP contribution is 2.33. The van der Waals surface area contributed by atoms with Crippen molar-refractivity contribution < 1.29 is 22.8 Å². The van der Waals surface area contributed by atoms with E-state index >= 15 is 0 Å². The lowest BCUT2D eigenvalue weighted by molar-refractivity contribution is -0.186. The van der Waals surface area contributed by atoms with Gasteiger partial charge in [-0.25, -0.2) is 0 Å². The van der Waals surface area contributed by atoms with Crippen LogP contribution in [0.15, 0.2) is 0 Å². The van der Waals surface area contributed by atoms with Crippen molar-refractivity contribution in [3.8, 4) is 0 Å². The number of piperidine rings is 1. The van der Waals surface area contributed by atoms with Gasteiger partial charge in [0.05, 0.1) is 5.92 Å².